The van der Waals surface area contributed by atoms with Gasteiger partial charge in [-0.2, -0.15) is 0 Å². The summed E-state index contributed by atoms with van der Waals surface area (Å²) in [6, 6.07) is 9.76. The van der Waals surface area contributed by atoms with E-state index in [1.165, 1.54) is 0 Å². The number of nitrogens with zero attached hydrogens (tertiary/aromatic N) is 3. The van der Waals surface area contributed by atoms with Crippen LogP contribution >= 0.6 is 0 Å². The quantitative estimate of drug-likeness (QED) is 0.234. The number of aliphatic carboxylic acids is 2. The standard InChI is InChI=1S/C25H33N3O2.C4H6O6/c1-2-20-19-28(14-13-27-15-17-30-18-16-27)12-10-21(20)7-8-25(29)23-9-11-26-24-6-4-3-5-22(23)24;5-1(3(7)8)2(6)4(9)10/h2-6,9,11,20-21H,1,7-8,10,12-19H2;1-2,5-6H,(H,7,8)(H,9,10). The fourth-order valence-corrected chi connectivity index (χ4v) is 5.10. The summed E-state index contributed by atoms with van der Waals surface area (Å²) < 4.78 is 5.44. The number of pyridine rings is 1. The average Bonchev–Trinajstić information content (AvgIpc) is 2.98. The summed E-state index contributed by atoms with van der Waals surface area (Å²) >= 11 is 0. The topological polar surface area (TPSA) is 161 Å². The molecule has 218 valence electrons. The van der Waals surface area contributed by atoms with E-state index in [9.17, 15) is 14.4 Å². The maximum absolute atomic E-state index is 13.0. The fraction of sp³-hybridized carbons (Fsp3) is 0.517. The molecule has 11 heteroatoms. The second-order valence-electron chi connectivity index (χ2n) is 10.1. The summed E-state index contributed by atoms with van der Waals surface area (Å²) in [4.78, 5) is 41.9. The summed E-state index contributed by atoms with van der Waals surface area (Å²) in [5.74, 6) is -2.31. The predicted octanol–water partition coefficient (Wildman–Crippen LogP) is 1.53. The highest BCUT2D eigenvalue weighted by molar-refractivity contribution is 6.07. The number of likely N-dealkylation sites (tertiary alicyclic amines) is 1. The molecule has 0 aliphatic carbocycles. The summed E-state index contributed by atoms with van der Waals surface area (Å²) in [6.45, 7) is 12.3. The molecule has 2 aliphatic heterocycles. The minimum atomic E-state index is -2.27. The van der Waals surface area contributed by atoms with Gasteiger partial charge in [0.05, 0.1) is 18.7 Å². The molecule has 2 fully saturated rings. The van der Waals surface area contributed by atoms with Crippen LogP contribution in [0.15, 0.2) is 49.2 Å². The Bertz CT molecular complexity index is 1130. The molecule has 11 nitrogen and oxygen atoms in total. The zero-order valence-electron chi connectivity index (χ0n) is 22.6. The zero-order valence-corrected chi connectivity index (χ0v) is 22.6. The second-order valence-corrected chi connectivity index (χ2v) is 10.1. The number of hydrogen-bond acceptors (Lipinski definition) is 9. The van der Waals surface area contributed by atoms with Crippen molar-refractivity contribution >= 4 is 28.6 Å². The Morgan fingerprint density at radius 2 is 1.65 bits per heavy atom. The van der Waals surface area contributed by atoms with Gasteiger partial charge >= 0.3 is 11.9 Å². The van der Waals surface area contributed by atoms with Crippen LogP contribution in [-0.2, 0) is 14.3 Å². The minimum absolute atomic E-state index is 0.228. The number of morpholine rings is 1. The van der Waals surface area contributed by atoms with Gasteiger partial charge in [0.15, 0.2) is 18.0 Å². The highest BCUT2D eigenvalue weighted by Gasteiger charge is 2.30. The Morgan fingerprint density at radius 3 is 2.30 bits per heavy atom. The first-order valence-electron chi connectivity index (χ1n) is 13.5. The number of rotatable bonds is 11. The van der Waals surface area contributed by atoms with Crippen LogP contribution in [-0.4, -0.2) is 118 Å². The van der Waals surface area contributed by atoms with E-state index in [2.05, 4.69) is 27.4 Å². The largest absolute Gasteiger partial charge is 0.479 e. The van der Waals surface area contributed by atoms with Gasteiger partial charge in [0.1, 0.15) is 0 Å². The molecule has 0 spiro atoms. The Kier molecular flexibility index (Phi) is 12.2. The number of carbonyl (C=O) groups is 3. The van der Waals surface area contributed by atoms with Crippen molar-refractivity contribution in [3.63, 3.8) is 0 Å². The van der Waals surface area contributed by atoms with Gasteiger partial charge in [-0.3, -0.25) is 14.7 Å². The molecule has 1 aromatic heterocycles. The average molecular weight is 558 g/mol. The number of fused-ring (bicyclic) bond motifs is 1. The van der Waals surface area contributed by atoms with E-state index in [-0.39, 0.29) is 5.78 Å². The first-order valence-corrected chi connectivity index (χ1v) is 13.5. The normalized spacial score (nSPS) is 21.6. The number of ether oxygens (including phenoxy) is 1. The van der Waals surface area contributed by atoms with E-state index in [1.807, 2.05) is 30.3 Å². The minimum Gasteiger partial charge on any atom is -0.479 e. The first-order chi connectivity index (χ1) is 19.2. The lowest BCUT2D eigenvalue weighted by Gasteiger charge is -2.38. The van der Waals surface area contributed by atoms with Crippen molar-refractivity contribution in [2.45, 2.75) is 31.5 Å². The number of piperidine rings is 1. The Balaban J connectivity index is 0.000000378. The number of benzene rings is 1. The van der Waals surface area contributed by atoms with Gasteiger partial charge in [-0.25, -0.2) is 9.59 Å². The Labute approximate surface area is 233 Å². The third-order valence-corrected chi connectivity index (χ3v) is 7.53. The third kappa shape index (κ3) is 8.90. The number of carbonyl (C=O) groups excluding carboxylic acids is 1. The fourth-order valence-electron chi connectivity index (χ4n) is 5.10. The molecule has 0 bridgehead atoms. The zero-order chi connectivity index (χ0) is 29.1. The van der Waals surface area contributed by atoms with Gasteiger partial charge < -0.3 is 30.1 Å². The van der Waals surface area contributed by atoms with Crippen molar-refractivity contribution in [1.82, 2.24) is 14.8 Å². The lowest BCUT2D eigenvalue weighted by molar-refractivity contribution is -0.165. The van der Waals surface area contributed by atoms with Crippen LogP contribution in [0.25, 0.3) is 10.9 Å². The Morgan fingerprint density at radius 1 is 1.00 bits per heavy atom. The van der Waals surface area contributed by atoms with Crippen molar-refractivity contribution in [2.24, 2.45) is 11.8 Å². The van der Waals surface area contributed by atoms with Gasteiger partial charge in [-0.05, 0) is 43.4 Å². The van der Waals surface area contributed by atoms with E-state index in [0.717, 1.165) is 81.8 Å². The van der Waals surface area contributed by atoms with Gasteiger partial charge in [0.25, 0.3) is 0 Å². The second kappa shape index (κ2) is 15.5. The molecule has 0 amide bonds. The number of carboxylic acids is 2. The number of hydrogen-bond donors (Lipinski definition) is 4. The van der Waals surface area contributed by atoms with E-state index < -0.39 is 24.1 Å². The molecule has 4 unspecified atom stereocenters. The molecule has 4 N–H and O–H groups in total. The molecule has 0 saturated carbocycles. The summed E-state index contributed by atoms with van der Waals surface area (Å²) in [7, 11) is 0. The number of aliphatic hydroxyl groups is 2. The lowest BCUT2D eigenvalue weighted by Crippen LogP contribution is -2.45. The van der Waals surface area contributed by atoms with Gasteiger partial charge in [0.2, 0.25) is 0 Å². The van der Waals surface area contributed by atoms with E-state index in [0.29, 0.717) is 18.3 Å². The molecule has 4 rings (SSSR count). The van der Waals surface area contributed by atoms with Crippen LogP contribution in [0, 0.1) is 11.8 Å². The lowest BCUT2D eigenvalue weighted by atomic mass is 9.81. The summed E-state index contributed by atoms with van der Waals surface area (Å²) in [5.41, 5.74) is 1.69. The molecular weight excluding hydrogens is 518 g/mol. The van der Waals surface area contributed by atoms with Crippen LogP contribution < -0.4 is 0 Å². The molecule has 2 saturated heterocycles. The molecule has 40 heavy (non-hydrogen) atoms. The van der Waals surface area contributed by atoms with Gasteiger partial charge in [-0.15, -0.1) is 6.58 Å². The number of ketones is 1. The number of para-hydroxylation sites is 1. The molecular formula is C29H39N3O8. The first kappa shape index (κ1) is 31.3. The van der Waals surface area contributed by atoms with E-state index in [1.54, 1.807) is 6.20 Å². The maximum Gasteiger partial charge on any atom is 0.335 e. The predicted molar refractivity (Wildman–Crippen MR) is 148 cm³/mol. The summed E-state index contributed by atoms with van der Waals surface area (Å²) in [6.07, 6.45) is 1.99. The van der Waals surface area contributed by atoms with Crippen molar-refractivity contribution in [3.8, 4) is 0 Å². The number of Topliss-reactive ketones (excluding diaryl/α,β-unsaturated/α-hetero) is 1. The van der Waals surface area contributed by atoms with Crippen LogP contribution in [0.5, 0.6) is 0 Å². The molecule has 3 heterocycles. The summed E-state index contributed by atoms with van der Waals surface area (Å²) in [5, 5.41) is 33.5. The van der Waals surface area contributed by atoms with E-state index >= 15 is 0 Å². The number of aromatic nitrogens is 1. The molecule has 2 aromatic rings. The van der Waals surface area contributed by atoms with Crippen LogP contribution in [0.3, 0.4) is 0 Å². The SMILES string of the molecule is C=CC1CN(CCN2CCOCC2)CCC1CCC(=O)c1ccnc2ccccc12.O=C(O)C(O)C(O)C(=O)O. The number of aliphatic hydroxyl groups excluding tert-OH is 2. The van der Waals surface area contributed by atoms with Crippen LogP contribution in [0.2, 0.25) is 0 Å². The highest BCUT2D eigenvalue weighted by atomic mass is 16.5. The van der Waals surface area contributed by atoms with Crippen molar-refractivity contribution < 1.29 is 39.5 Å². The molecule has 4 atom stereocenters. The smallest absolute Gasteiger partial charge is 0.335 e. The van der Waals surface area contributed by atoms with Gasteiger partial charge in [0, 0.05) is 56.3 Å². The molecule has 0 radical (unpaired) electrons. The van der Waals surface area contributed by atoms with Crippen molar-refractivity contribution in [2.75, 3.05) is 52.5 Å². The monoisotopic (exact) mass is 557 g/mol. The maximum atomic E-state index is 13.0. The van der Waals surface area contributed by atoms with Crippen LogP contribution in [0.1, 0.15) is 29.6 Å². The Hall–Kier alpha value is -3.22. The highest BCUT2D eigenvalue weighted by Crippen LogP contribution is 2.29. The van der Waals surface area contributed by atoms with Crippen molar-refractivity contribution in [3.05, 3.63) is 54.7 Å². The number of carboxylic acid groups (broad SMARTS) is 2. The van der Waals surface area contributed by atoms with Gasteiger partial charge in [-0.1, -0.05) is 24.3 Å². The van der Waals surface area contributed by atoms with Crippen molar-refractivity contribution in [1.29, 1.82) is 0 Å². The van der Waals surface area contributed by atoms with Crippen LogP contribution in [0.4, 0.5) is 0 Å². The molecule has 2 aliphatic rings. The van der Waals surface area contributed by atoms with E-state index in [4.69, 9.17) is 25.2 Å². The third-order valence-electron chi connectivity index (χ3n) is 7.53. The molecule has 1 aromatic carbocycles.